The Bertz CT molecular complexity index is 834. The molecule has 24 heavy (non-hydrogen) atoms. The Balaban J connectivity index is 1.68. The maximum Gasteiger partial charge on any atom is 0.206 e. The molecule has 0 saturated heterocycles. The summed E-state index contributed by atoms with van der Waals surface area (Å²) < 4.78 is 3.28. The number of nitriles is 1. The number of benzene rings is 2. The minimum Gasteiger partial charge on any atom is -0.324 e. The monoisotopic (exact) mass is 334 g/mol. The van der Waals surface area contributed by atoms with Gasteiger partial charge in [-0.05, 0) is 42.8 Å². The fraction of sp³-hybridized carbons (Fsp3) is 0.263. The first-order chi connectivity index (χ1) is 11.8. The van der Waals surface area contributed by atoms with Crippen LogP contribution in [0.2, 0.25) is 0 Å². The van der Waals surface area contributed by atoms with Gasteiger partial charge in [0.05, 0.1) is 22.2 Å². The SMILES string of the molecule is N#Cc1ccccc1-c1cccc2c1NC(=NCC1CCC1)NS2. The van der Waals surface area contributed by atoms with Gasteiger partial charge in [-0.25, -0.2) is 0 Å². The van der Waals surface area contributed by atoms with E-state index in [-0.39, 0.29) is 0 Å². The standard InChI is InChI=1S/C19H18N4S/c20-11-14-7-1-2-8-15(14)16-9-4-10-17-18(16)22-19(23-24-17)21-12-13-5-3-6-13/h1-2,4,7-10,13H,3,5-6,12H2,(H2,21,22,23). The van der Waals surface area contributed by atoms with Crippen LogP contribution in [0, 0.1) is 17.2 Å². The van der Waals surface area contributed by atoms with E-state index in [0.717, 1.165) is 40.1 Å². The first-order valence-electron chi connectivity index (χ1n) is 8.22. The summed E-state index contributed by atoms with van der Waals surface area (Å²) in [6, 6.07) is 16.1. The van der Waals surface area contributed by atoms with Crippen molar-refractivity contribution in [3.63, 3.8) is 0 Å². The molecule has 2 aliphatic rings. The molecule has 5 heteroatoms. The number of aliphatic imine (C=N–C) groups is 1. The predicted octanol–water partition coefficient (Wildman–Crippen LogP) is 4.40. The van der Waals surface area contributed by atoms with Crippen molar-refractivity contribution < 1.29 is 0 Å². The molecule has 4 nitrogen and oxygen atoms in total. The van der Waals surface area contributed by atoms with Crippen LogP contribution >= 0.6 is 11.9 Å². The number of nitrogens with zero attached hydrogens (tertiary/aromatic N) is 2. The summed E-state index contributed by atoms with van der Waals surface area (Å²) in [6.07, 6.45) is 3.92. The van der Waals surface area contributed by atoms with Crippen molar-refractivity contribution in [2.24, 2.45) is 10.9 Å². The van der Waals surface area contributed by atoms with Crippen LogP contribution in [0.25, 0.3) is 11.1 Å². The van der Waals surface area contributed by atoms with Crippen LogP contribution in [0.1, 0.15) is 24.8 Å². The molecule has 120 valence electrons. The number of guanidine groups is 1. The highest BCUT2D eigenvalue weighted by Gasteiger charge is 2.21. The number of rotatable bonds is 3. The molecule has 0 unspecified atom stereocenters. The smallest absolute Gasteiger partial charge is 0.206 e. The second kappa shape index (κ2) is 6.58. The lowest BCUT2D eigenvalue weighted by molar-refractivity contribution is 0.326. The zero-order valence-electron chi connectivity index (χ0n) is 13.2. The molecule has 1 fully saturated rings. The molecule has 1 aliphatic carbocycles. The van der Waals surface area contributed by atoms with E-state index in [4.69, 9.17) is 4.99 Å². The lowest BCUT2D eigenvalue weighted by Crippen LogP contribution is -2.31. The van der Waals surface area contributed by atoms with Gasteiger partial charge in [-0.2, -0.15) is 5.26 Å². The van der Waals surface area contributed by atoms with Crippen molar-refractivity contribution in [2.45, 2.75) is 24.2 Å². The zero-order valence-corrected chi connectivity index (χ0v) is 14.1. The fourth-order valence-corrected chi connectivity index (χ4v) is 3.73. The largest absolute Gasteiger partial charge is 0.324 e. The molecule has 0 spiro atoms. The summed E-state index contributed by atoms with van der Waals surface area (Å²) in [5.74, 6) is 1.54. The summed E-state index contributed by atoms with van der Waals surface area (Å²) in [7, 11) is 0. The fourth-order valence-electron chi connectivity index (χ4n) is 3.00. The summed E-state index contributed by atoms with van der Waals surface area (Å²) >= 11 is 1.57. The third-order valence-electron chi connectivity index (χ3n) is 4.60. The molecule has 0 bridgehead atoms. The molecule has 2 aromatic rings. The van der Waals surface area contributed by atoms with Crippen molar-refractivity contribution in [3.05, 3.63) is 48.0 Å². The Labute approximate surface area is 146 Å². The molecule has 2 N–H and O–H groups in total. The molecule has 0 atom stereocenters. The maximum atomic E-state index is 9.40. The highest BCUT2D eigenvalue weighted by atomic mass is 32.2. The molecule has 1 heterocycles. The number of hydrogen-bond acceptors (Lipinski definition) is 3. The minimum atomic E-state index is 0.684. The molecule has 0 radical (unpaired) electrons. The second-order valence-electron chi connectivity index (χ2n) is 6.15. The van der Waals surface area contributed by atoms with Crippen molar-refractivity contribution in [1.82, 2.24) is 4.72 Å². The Morgan fingerprint density at radius 3 is 2.75 bits per heavy atom. The summed E-state index contributed by atoms with van der Waals surface area (Å²) in [5, 5.41) is 12.8. The molecule has 0 aromatic heterocycles. The maximum absolute atomic E-state index is 9.40. The summed E-state index contributed by atoms with van der Waals surface area (Å²) in [5.41, 5.74) is 3.70. The van der Waals surface area contributed by atoms with E-state index in [1.807, 2.05) is 30.3 Å². The average molecular weight is 334 g/mol. The Kier molecular flexibility index (Phi) is 4.14. The first-order valence-corrected chi connectivity index (χ1v) is 9.03. The van der Waals surface area contributed by atoms with Crippen LogP contribution in [0.3, 0.4) is 0 Å². The quantitative estimate of drug-likeness (QED) is 0.817. The van der Waals surface area contributed by atoms with Gasteiger partial charge in [0.15, 0.2) is 0 Å². The Hall–Kier alpha value is -2.45. The number of hydrogen-bond donors (Lipinski definition) is 2. The number of anilines is 1. The average Bonchev–Trinajstić information content (AvgIpc) is 2.60. The van der Waals surface area contributed by atoms with E-state index in [1.54, 1.807) is 11.9 Å². The Morgan fingerprint density at radius 1 is 1.12 bits per heavy atom. The molecule has 0 amide bonds. The molecular weight excluding hydrogens is 316 g/mol. The van der Waals surface area contributed by atoms with Crippen LogP contribution < -0.4 is 10.0 Å². The van der Waals surface area contributed by atoms with E-state index in [9.17, 15) is 5.26 Å². The van der Waals surface area contributed by atoms with Gasteiger partial charge in [0.25, 0.3) is 0 Å². The van der Waals surface area contributed by atoms with E-state index in [0.29, 0.717) is 5.56 Å². The van der Waals surface area contributed by atoms with E-state index < -0.39 is 0 Å². The van der Waals surface area contributed by atoms with Gasteiger partial charge in [0.2, 0.25) is 5.96 Å². The minimum absolute atomic E-state index is 0.684. The van der Waals surface area contributed by atoms with Gasteiger partial charge in [-0.15, -0.1) is 0 Å². The number of fused-ring (bicyclic) bond motifs is 1. The van der Waals surface area contributed by atoms with E-state index in [2.05, 4.69) is 28.2 Å². The molecule has 1 aliphatic heterocycles. The van der Waals surface area contributed by atoms with Crippen molar-refractivity contribution in [1.29, 1.82) is 5.26 Å². The van der Waals surface area contributed by atoms with Crippen molar-refractivity contribution in [3.8, 4) is 17.2 Å². The third-order valence-corrected chi connectivity index (χ3v) is 5.45. The van der Waals surface area contributed by atoms with Crippen LogP contribution in [0.4, 0.5) is 5.69 Å². The van der Waals surface area contributed by atoms with E-state index in [1.165, 1.54) is 19.3 Å². The van der Waals surface area contributed by atoms with Gasteiger partial charge >= 0.3 is 0 Å². The van der Waals surface area contributed by atoms with Gasteiger partial charge in [0.1, 0.15) is 0 Å². The highest BCUT2D eigenvalue weighted by molar-refractivity contribution is 7.98. The first kappa shape index (κ1) is 15.1. The van der Waals surface area contributed by atoms with Gasteiger partial charge in [-0.1, -0.05) is 36.8 Å². The molecule has 2 aromatic carbocycles. The van der Waals surface area contributed by atoms with Gasteiger partial charge in [-0.3, -0.25) is 9.71 Å². The predicted molar refractivity (Wildman–Crippen MR) is 98.9 cm³/mol. The number of para-hydroxylation sites is 1. The molecule has 4 rings (SSSR count). The van der Waals surface area contributed by atoms with Crippen molar-refractivity contribution >= 4 is 23.6 Å². The number of nitrogens with one attached hydrogen (secondary N) is 2. The summed E-state index contributed by atoms with van der Waals surface area (Å²) in [4.78, 5) is 5.80. The lowest BCUT2D eigenvalue weighted by Gasteiger charge is -2.26. The van der Waals surface area contributed by atoms with Crippen molar-refractivity contribution in [2.75, 3.05) is 11.9 Å². The topological polar surface area (TPSA) is 60.2 Å². The second-order valence-corrected chi connectivity index (χ2v) is 7.00. The van der Waals surface area contributed by atoms with Gasteiger partial charge < -0.3 is 5.32 Å². The lowest BCUT2D eigenvalue weighted by atomic mass is 9.86. The molecular formula is C19H18N4S. The van der Waals surface area contributed by atoms with Crippen LogP contribution in [-0.4, -0.2) is 12.5 Å². The van der Waals surface area contributed by atoms with Crippen LogP contribution in [0.5, 0.6) is 0 Å². The van der Waals surface area contributed by atoms with Gasteiger partial charge in [0, 0.05) is 17.7 Å². The van der Waals surface area contributed by atoms with Crippen LogP contribution in [-0.2, 0) is 0 Å². The summed E-state index contributed by atoms with van der Waals surface area (Å²) in [6.45, 7) is 0.877. The van der Waals surface area contributed by atoms with Crippen LogP contribution in [0.15, 0.2) is 52.4 Å². The van der Waals surface area contributed by atoms with E-state index >= 15 is 0 Å². The molecule has 1 saturated carbocycles. The Morgan fingerprint density at radius 2 is 1.96 bits per heavy atom. The third kappa shape index (κ3) is 2.85. The normalized spacial score (nSPS) is 18.0. The zero-order chi connectivity index (χ0) is 16.4. The highest BCUT2D eigenvalue weighted by Crippen LogP contribution is 2.39.